The summed E-state index contributed by atoms with van der Waals surface area (Å²) in [4.78, 5) is 9.42. The number of hydrogen-bond acceptors (Lipinski definition) is 5. The van der Waals surface area contributed by atoms with Crippen molar-refractivity contribution in [1.29, 1.82) is 0 Å². The van der Waals surface area contributed by atoms with Crippen LogP contribution in [0.4, 0.5) is 0 Å². The first-order chi connectivity index (χ1) is 10.4. The van der Waals surface area contributed by atoms with Gasteiger partial charge in [-0.05, 0) is 5.56 Å². The summed E-state index contributed by atoms with van der Waals surface area (Å²) in [5.74, 6) is 0.970. The molecule has 2 aliphatic heterocycles. The van der Waals surface area contributed by atoms with Crippen LogP contribution in [0.25, 0.3) is 0 Å². The Morgan fingerprint density at radius 2 is 1.81 bits per heavy atom. The summed E-state index contributed by atoms with van der Waals surface area (Å²) >= 11 is 0. The van der Waals surface area contributed by atoms with Crippen molar-refractivity contribution in [3.63, 3.8) is 0 Å². The molecule has 2 aliphatic rings. The Morgan fingerprint density at radius 3 is 2.52 bits per heavy atom. The van der Waals surface area contributed by atoms with Gasteiger partial charge < -0.3 is 10.6 Å². The maximum atomic E-state index is 4.34. The Morgan fingerprint density at radius 1 is 1.05 bits per heavy atom. The average Bonchev–Trinajstić information content (AvgIpc) is 3.03. The number of benzene rings is 1. The van der Waals surface area contributed by atoms with E-state index in [4.69, 9.17) is 0 Å². The van der Waals surface area contributed by atoms with Crippen LogP contribution >= 0.6 is 0 Å². The summed E-state index contributed by atoms with van der Waals surface area (Å²) in [5.41, 5.74) is 1.41. The third-order valence-corrected chi connectivity index (χ3v) is 4.11. The van der Waals surface area contributed by atoms with Gasteiger partial charge in [-0.3, -0.25) is 14.8 Å². The molecule has 0 bridgehead atoms. The molecule has 5 nitrogen and oxygen atoms in total. The van der Waals surface area contributed by atoms with Crippen LogP contribution in [0.1, 0.15) is 5.56 Å². The topological polar surface area (TPSA) is 42.9 Å². The predicted molar refractivity (Wildman–Crippen MR) is 86.5 cm³/mol. The molecule has 0 atom stereocenters. The van der Waals surface area contributed by atoms with Crippen molar-refractivity contribution < 1.29 is 0 Å². The zero-order chi connectivity index (χ0) is 14.3. The van der Waals surface area contributed by atoms with Gasteiger partial charge in [-0.25, -0.2) is 0 Å². The smallest absolute Gasteiger partial charge is 0.191 e. The van der Waals surface area contributed by atoms with Gasteiger partial charge in [-0.15, -0.1) is 0 Å². The summed E-state index contributed by atoms with van der Waals surface area (Å²) in [6.45, 7) is 9.67. The third-order valence-electron chi connectivity index (χ3n) is 4.11. The highest BCUT2D eigenvalue weighted by atomic mass is 15.3. The maximum absolute atomic E-state index is 4.34. The van der Waals surface area contributed by atoms with Crippen LogP contribution in [0.15, 0.2) is 35.3 Å². The van der Waals surface area contributed by atoms with E-state index in [9.17, 15) is 0 Å². The van der Waals surface area contributed by atoms with Gasteiger partial charge in [0.05, 0.1) is 6.54 Å². The fourth-order valence-electron chi connectivity index (χ4n) is 2.86. The summed E-state index contributed by atoms with van der Waals surface area (Å²) in [5, 5.41) is 6.60. The quantitative estimate of drug-likeness (QED) is 0.820. The molecular weight excluding hydrogens is 262 g/mol. The first-order valence-electron chi connectivity index (χ1n) is 7.91. The van der Waals surface area contributed by atoms with Crippen molar-refractivity contribution in [2.24, 2.45) is 4.99 Å². The van der Waals surface area contributed by atoms with E-state index in [2.05, 4.69) is 55.8 Å². The molecule has 1 saturated heterocycles. The molecule has 0 unspecified atom stereocenters. The molecule has 0 saturated carbocycles. The van der Waals surface area contributed by atoms with E-state index >= 15 is 0 Å². The number of rotatable bonds is 5. The highest BCUT2D eigenvalue weighted by Gasteiger charge is 2.16. The first kappa shape index (κ1) is 14.4. The molecule has 0 aromatic heterocycles. The molecule has 1 aromatic carbocycles. The van der Waals surface area contributed by atoms with E-state index in [-0.39, 0.29) is 0 Å². The van der Waals surface area contributed by atoms with Gasteiger partial charge in [0, 0.05) is 52.4 Å². The highest BCUT2D eigenvalue weighted by Crippen LogP contribution is 2.07. The molecule has 0 amide bonds. The van der Waals surface area contributed by atoms with Crippen LogP contribution < -0.4 is 10.6 Å². The standard InChI is InChI=1S/C16H25N5/c1-2-4-15(5-3-1)14-21-12-10-20(11-13-21)9-8-19-16-17-6-7-18-16/h1-5H,6-14H2,(H2,17,18,19). The highest BCUT2D eigenvalue weighted by molar-refractivity contribution is 5.81. The van der Waals surface area contributed by atoms with Crippen LogP contribution in [-0.2, 0) is 6.54 Å². The van der Waals surface area contributed by atoms with E-state index in [1.165, 1.54) is 5.56 Å². The average molecular weight is 287 g/mol. The molecule has 2 N–H and O–H groups in total. The Kier molecular flexibility index (Phi) is 5.08. The zero-order valence-corrected chi connectivity index (χ0v) is 12.6. The lowest BCUT2D eigenvalue weighted by Crippen LogP contribution is -2.48. The minimum atomic E-state index is 0.903. The van der Waals surface area contributed by atoms with E-state index in [0.29, 0.717) is 0 Å². The summed E-state index contributed by atoms with van der Waals surface area (Å²) in [6.07, 6.45) is 0. The van der Waals surface area contributed by atoms with Crippen LogP contribution in [-0.4, -0.2) is 68.1 Å². The third kappa shape index (κ3) is 4.44. The number of nitrogens with zero attached hydrogens (tertiary/aromatic N) is 3. The van der Waals surface area contributed by atoms with Crippen LogP contribution in [0.2, 0.25) is 0 Å². The Labute approximate surface area is 127 Å². The molecule has 3 rings (SSSR count). The van der Waals surface area contributed by atoms with E-state index in [0.717, 1.165) is 64.9 Å². The number of hydrogen-bond donors (Lipinski definition) is 2. The number of guanidine groups is 1. The number of nitrogens with one attached hydrogen (secondary N) is 2. The van der Waals surface area contributed by atoms with Gasteiger partial charge in [0.1, 0.15) is 0 Å². The van der Waals surface area contributed by atoms with Crippen molar-refractivity contribution >= 4 is 5.96 Å². The molecule has 0 spiro atoms. The summed E-state index contributed by atoms with van der Waals surface area (Å²) in [7, 11) is 0. The Balaban J connectivity index is 1.33. The summed E-state index contributed by atoms with van der Waals surface area (Å²) in [6, 6.07) is 10.8. The molecule has 1 fully saturated rings. The predicted octanol–water partition coefficient (Wildman–Crippen LogP) is 0.353. The summed E-state index contributed by atoms with van der Waals surface area (Å²) < 4.78 is 0. The van der Waals surface area contributed by atoms with E-state index < -0.39 is 0 Å². The molecule has 21 heavy (non-hydrogen) atoms. The van der Waals surface area contributed by atoms with Crippen molar-refractivity contribution in [2.45, 2.75) is 6.54 Å². The fourth-order valence-corrected chi connectivity index (χ4v) is 2.86. The zero-order valence-electron chi connectivity index (χ0n) is 12.6. The van der Waals surface area contributed by atoms with E-state index in [1.807, 2.05) is 0 Å². The minimum absolute atomic E-state index is 0.903. The molecular formula is C16H25N5. The monoisotopic (exact) mass is 287 g/mol. The number of piperazine rings is 1. The lowest BCUT2D eigenvalue weighted by molar-refractivity contribution is 0.129. The van der Waals surface area contributed by atoms with Gasteiger partial charge in [-0.1, -0.05) is 30.3 Å². The molecule has 5 heteroatoms. The lowest BCUT2D eigenvalue weighted by Gasteiger charge is -2.34. The van der Waals surface area contributed by atoms with E-state index in [1.54, 1.807) is 0 Å². The SMILES string of the molecule is c1ccc(CN2CCN(CCNC3=NCCN3)CC2)cc1. The first-order valence-corrected chi connectivity index (χ1v) is 7.91. The lowest BCUT2D eigenvalue weighted by atomic mass is 10.2. The largest absolute Gasteiger partial charge is 0.355 e. The van der Waals surface area contributed by atoms with Crippen molar-refractivity contribution in [1.82, 2.24) is 20.4 Å². The second-order valence-electron chi connectivity index (χ2n) is 5.69. The molecule has 0 radical (unpaired) electrons. The normalized spacial score (nSPS) is 20.1. The van der Waals surface area contributed by atoms with Crippen LogP contribution in [0.3, 0.4) is 0 Å². The van der Waals surface area contributed by atoms with Crippen molar-refractivity contribution in [3.05, 3.63) is 35.9 Å². The molecule has 0 aliphatic carbocycles. The molecule has 2 heterocycles. The van der Waals surface area contributed by atoms with Gasteiger partial charge >= 0.3 is 0 Å². The maximum Gasteiger partial charge on any atom is 0.191 e. The van der Waals surface area contributed by atoms with Gasteiger partial charge in [0.25, 0.3) is 0 Å². The minimum Gasteiger partial charge on any atom is -0.355 e. The van der Waals surface area contributed by atoms with Gasteiger partial charge in [-0.2, -0.15) is 0 Å². The molecule has 1 aromatic rings. The second-order valence-corrected chi connectivity index (χ2v) is 5.69. The second kappa shape index (κ2) is 7.43. The van der Waals surface area contributed by atoms with Crippen LogP contribution in [0, 0.1) is 0 Å². The van der Waals surface area contributed by atoms with Crippen LogP contribution in [0.5, 0.6) is 0 Å². The van der Waals surface area contributed by atoms with Gasteiger partial charge in [0.2, 0.25) is 0 Å². The fraction of sp³-hybridized carbons (Fsp3) is 0.562. The van der Waals surface area contributed by atoms with Gasteiger partial charge in [0.15, 0.2) is 5.96 Å². The Bertz CT molecular complexity index is 451. The van der Waals surface area contributed by atoms with Crippen molar-refractivity contribution in [2.75, 3.05) is 52.4 Å². The molecule has 114 valence electrons. The van der Waals surface area contributed by atoms with Crippen molar-refractivity contribution in [3.8, 4) is 0 Å². The Hall–Kier alpha value is -1.59. The number of aliphatic imine (C=N–C) groups is 1.